The zero-order valence-electron chi connectivity index (χ0n) is 20.3. The van der Waals surface area contributed by atoms with Crippen LogP contribution in [-0.4, -0.2) is 33.7 Å². The van der Waals surface area contributed by atoms with Gasteiger partial charge in [0.05, 0.1) is 6.54 Å². The molecule has 33 heavy (non-hydrogen) atoms. The Balaban J connectivity index is 1.84. The van der Waals surface area contributed by atoms with Crippen LogP contribution in [0.15, 0.2) is 71.1 Å². The molecule has 174 valence electrons. The van der Waals surface area contributed by atoms with Gasteiger partial charge in [-0.2, -0.15) is 0 Å². The van der Waals surface area contributed by atoms with E-state index in [0.717, 1.165) is 23.5 Å². The third-order valence-electron chi connectivity index (χ3n) is 5.67. The molecule has 2 aromatic carbocycles. The second-order valence-corrected chi connectivity index (χ2v) is 9.36. The molecule has 0 radical (unpaired) electrons. The number of benzene rings is 2. The van der Waals surface area contributed by atoms with E-state index in [4.69, 9.17) is 4.42 Å². The quantitative estimate of drug-likeness (QED) is 0.451. The van der Waals surface area contributed by atoms with E-state index in [0.29, 0.717) is 18.7 Å². The Morgan fingerprint density at radius 3 is 2.06 bits per heavy atom. The molecule has 0 aliphatic carbocycles. The van der Waals surface area contributed by atoms with Crippen molar-refractivity contribution >= 4 is 11.8 Å². The van der Waals surface area contributed by atoms with Crippen LogP contribution in [0.5, 0.6) is 0 Å². The summed E-state index contributed by atoms with van der Waals surface area (Å²) in [6, 6.07) is 21.3. The second kappa shape index (κ2) is 10.5. The molecule has 0 bridgehead atoms. The smallest absolute Gasteiger partial charge is 0.254 e. The Bertz CT molecular complexity index is 1060. The van der Waals surface area contributed by atoms with Crippen molar-refractivity contribution in [3.63, 3.8) is 0 Å². The van der Waals surface area contributed by atoms with Crippen molar-refractivity contribution in [3.05, 3.63) is 94.9 Å². The molecule has 5 heteroatoms. The largest absolute Gasteiger partial charge is 0.464 e. The standard InChI is InChI=1S/C28H34N2O3/c1-6-22-13-15-24(16-14-22)27(32)30(28(3,4)5)20-26(31)29(18-23-10-8-7-9-11-23)19-25-17-12-21(2)33-25/h7-17H,6,18-20H2,1-5H3. The Labute approximate surface area is 197 Å². The third-order valence-corrected chi connectivity index (χ3v) is 5.67. The van der Waals surface area contributed by atoms with E-state index in [-0.39, 0.29) is 18.4 Å². The molecule has 1 heterocycles. The molecule has 0 saturated heterocycles. The molecule has 2 amide bonds. The zero-order valence-corrected chi connectivity index (χ0v) is 20.3. The van der Waals surface area contributed by atoms with E-state index in [1.54, 1.807) is 9.80 Å². The fourth-order valence-electron chi connectivity index (χ4n) is 3.68. The van der Waals surface area contributed by atoms with Gasteiger partial charge in [-0.25, -0.2) is 0 Å². The van der Waals surface area contributed by atoms with Gasteiger partial charge >= 0.3 is 0 Å². The minimum atomic E-state index is -0.518. The molecule has 0 aliphatic heterocycles. The van der Waals surface area contributed by atoms with Gasteiger partial charge in [0.25, 0.3) is 5.91 Å². The van der Waals surface area contributed by atoms with E-state index >= 15 is 0 Å². The van der Waals surface area contributed by atoms with Gasteiger partial charge in [-0.1, -0.05) is 49.4 Å². The van der Waals surface area contributed by atoms with Gasteiger partial charge in [0, 0.05) is 17.6 Å². The average Bonchev–Trinajstić information content (AvgIpc) is 3.21. The van der Waals surface area contributed by atoms with Crippen molar-refractivity contribution in [3.8, 4) is 0 Å². The predicted octanol–water partition coefficient (Wildman–Crippen LogP) is 5.62. The van der Waals surface area contributed by atoms with E-state index in [2.05, 4.69) is 6.92 Å². The molecule has 0 N–H and O–H groups in total. The number of hydrogen-bond donors (Lipinski definition) is 0. The van der Waals surface area contributed by atoms with Crippen molar-refractivity contribution in [2.45, 2.75) is 59.7 Å². The molecule has 0 spiro atoms. The highest BCUT2D eigenvalue weighted by Gasteiger charge is 2.31. The highest BCUT2D eigenvalue weighted by molar-refractivity contribution is 5.97. The van der Waals surface area contributed by atoms with Crippen LogP contribution >= 0.6 is 0 Å². The topological polar surface area (TPSA) is 53.8 Å². The Morgan fingerprint density at radius 1 is 0.848 bits per heavy atom. The molecule has 0 unspecified atom stereocenters. The fourth-order valence-corrected chi connectivity index (χ4v) is 3.68. The summed E-state index contributed by atoms with van der Waals surface area (Å²) in [5.74, 6) is 1.26. The molecule has 3 rings (SSSR count). The van der Waals surface area contributed by atoms with Crippen LogP contribution in [0.4, 0.5) is 0 Å². The number of aryl methyl sites for hydroxylation is 2. The lowest BCUT2D eigenvalue weighted by Crippen LogP contribution is -2.51. The van der Waals surface area contributed by atoms with Crippen LogP contribution in [0, 0.1) is 6.92 Å². The first-order chi connectivity index (χ1) is 15.7. The van der Waals surface area contributed by atoms with Crippen LogP contribution in [0.3, 0.4) is 0 Å². The van der Waals surface area contributed by atoms with Crippen molar-refractivity contribution in [2.75, 3.05) is 6.54 Å². The zero-order chi connectivity index (χ0) is 24.0. The van der Waals surface area contributed by atoms with Gasteiger partial charge in [0.15, 0.2) is 0 Å². The third kappa shape index (κ3) is 6.58. The number of carbonyl (C=O) groups excluding carboxylic acids is 2. The van der Waals surface area contributed by atoms with E-state index in [1.807, 2.05) is 94.4 Å². The monoisotopic (exact) mass is 446 g/mol. The van der Waals surface area contributed by atoms with Crippen molar-refractivity contribution in [1.29, 1.82) is 0 Å². The van der Waals surface area contributed by atoms with Gasteiger partial charge < -0.3 is 14.2 Å². The van der Waals surface area contributed by atoms with Gasteiger partial charge in [0.2, 0.25) is 5.91 Å². The fraction of sp³-hybridized carbons (Fsp3) is 0.357. The van der Waals surface area contributed by atoms with Gasteiger partial charge in [-0.15, -0.1) is 0 Å². The lowest BCUT2D eigenvalue weighted by molar-refractivity contribution is -0.134. The predicted molar refractivity (Wildman–Crippen MR) is 131 cm³/mol. The summed E-state index contributed by atoms with van der Waals surface area (Å²) < 4.78 is 5.74. The van der Waals surface area contributed by atoms with Crippen LogP contribution in [0.1, 0.15) is 60.7 Å². The van der Waals surface area contributed by atoms with E-state index < -0.39 is 5.54 Å². The highest BCUT2D eigenvalue weighted by Crippen LogP contribution is 2.20. The lowest BCUT2D eigenvalue weighted by atomic mass is 10.0. The molecule has 0 atom stereocenters. The van der Waals surface area contributed by atoms with Crippen LogP contribution in [0.25, 0.3) is 0 Å². The number of hydrogen-bond acceptors (Lipinski definition) is 3. The summed E-state index contributed by atoms with van der Waals surface area (Å²) in [6.07, 6.45) is 0.913. The lowest BCUT2D eigenvalue weighted by Gasteiger charge is -2.37. The van der Waals surface area contributed by atoms with Crippen LogP contribution in [-0.2, 0) is 24.3 Å². The van der Waals surface area contributed by atoms with Gasteiger partial charge in [-0.3, -0.25) is 9.59 Å². The Morgan fingerprint density at radius 2 is 1.52 bits per heavy atom. The van der Waals surface area contributed by atoms with Crippen molar-refractivity contribution in [2.24, 2.45) is 0 Å². The van der Waals surface area contributed by atoms with Crippen LogP contribution in [0.2, 0.25) is 0 Å². The molecular formula is C28H34N2O3. The summed E-state index contributed by atoms with van der Waals surface area (Å²) in [4.78, 5) is 30.4. The molecule has 3 aromatic rings. The second-order valence-electron chi connectivity index (χ2n) is 9.36. The number of carbonyl (C=O) groups is 2. The summed E-state index contributed by atoms with van der Waals surface area (Å²) in [6.45, 7) is 10.6. The summed E-state index contributed by atoms with van der Waals surface area (Å²) in [5.41, 5.74) is 2.27. The maximum Gasteiger partial charge on any atom is 0.254 e. The maximum atomic E-state index is 13.5. The van der Waals surface area contributed by atoms with Gasteiger partial charge in [0.1, 0.15) is 18.1 Å². The minimum Gasteiger partial charge on any atom is -0.464 e. The SMILES string of the molecule is CCc1ccc(C(=O)N(CC(=O)N(Cc2ccccc2)Cc2ccc(C)o2)C(C)(C)C)cc1. The molecule has 1 aromatic heterocycles. The first-order valence-corrected chi connectivity index (χ1v) is 11.5. The number of rotatable bonds is 8. The highest BCUT2D eigenvalue weighted by atomic mass is 16.3. The van der Waals surface area contributed by atoms with E-state index in [1.165, 1.54) is 5.56 Å². The minimum absolute atomic E-state index is 0.00954. The molecule has 5 nitrogen and oxygen atoms in total. The number of nitrogens with zero attached hydrogens (tertiary/aromatic N) is 2. The number of furan rings is 1. The molecule has 0 aliphatic rings. The summed E-state index contributed by atoms with van der Waals surface area (Å²) in [5, 5.41) is 0. The van der Waals surface area contributed by atoms with Gasteiger partial charge in [-0.05, 0) is 69.5 Å². The Hall–Kier alpha value is -3.34. The summed E-state index contributed by atoms with van der Waals surface area (Å²) >= 11 is 0. The molecular weight excluding hydrogens is 412 g/mol. The first-order valence-electron chi connectivity index (χ1n) is 11.5. The normalized spacial score (nSPS) is 11.3. The average molecular weight is 447 g/mol. The van der Waals surface area contributed by atoms with Crippen molar-refractivity contribution < 1.29 is 14.0 Å². The Kier molecular flexibility index (Phi) is 7.75. The van der Waals surface area contributed by atoms with Crippen LogP contribution < -0.4 is 0 Å². The van der Waals surface area contributed by atoms with Crippen molar-refractivity contribution in [1.82, 2.24) is 9.80 Å². The van der Waals surface area contributed by atoms with E-state index in [9.17, 15) is 9.59 Å². The number of amides is 2. The molecule has 0 saturated carbocycles. The molecule has 0 fully saturated rings. The summed E-state index contributed by atoms with van der Waals surface area (Å²) in [7, 11) is 0. The maximum absolute atomic E-state index is 13.5. The first kappa shape index (κ1) is 24.3.